The van der Waals surface area contributed by atoms with Crippen LogP contribution in [0.3, 0.4) is 0 Å². The Bertz CT molecular complexity index is 482. The first-order valence-corrected chi connectivity index (χ1v) is 6.40. The van der Waals surface area contributed by atoms with Crippen molar-refractivity contribution >= 4 is 11.3 Å². The van der Waals surface area contributed by atoms with Gasteiger partial charge in [0.15, 0.2) is 5.75 Å². The van der Waals surface area contributed by atoms with Gasteiger partial charge in [0, 0.05) is 16.3 Å². The fourth-order valence-corrected chi connectivity index (χ4v) is 2.74. The van der Waals surface area contributed by atoms with Gasteiger partial charge in [-0.05, 0) is 26.0 Å². The molecule has 0 bridgehead atoms. The molecular weight excluding hydrogens is 234 g/mol. The first kappa shape index (κ1) is 12.1. The Balaban J connectivity index is 2.41. The molecule has 0 radical (unpaired) electrons. The third-order valence-corrected chi connectivity index (χ3v) is 3.81. The molecule has 17 heavy (non-hydrogen) atoms. The minimum absolute atomic E-state index is 0.175. The van der Waals surface area contributed by atoms with Crippen molar-refractivity contribution in [1.29, 1.82) is 0 Å². The lowest BCUT2D eigenvalue weighted by Gasteiger charge is -2.13. The van der Waals surface area contributed by atoms with Gasteiger partial charge >= 0.3 is 0 Å². The summed E-state index contributed by atoms with van der Waals surface area (Å²) in [7, 11) is 1.65. The van der Waals surface area contributed by atoms with Crippen LogP contribution in [0, 0.1) is 6.92 Å². The molecule has 2 heterocycles. The molecular formula is C12H17N3OS. The molecule has 0 amide bonds. The number of hydrogen-bond acceptors (Lipinski definition) is 4. The van der Waals surface area contributed by atoms with Crippen molar-refractivity contribution in [2.24, 2.45) is 5.73 Å². The monoisotopic (exact) mass is 251 g/mol. The molecule has 2 rings (SSSR count). The highest BCUT2D eigenvalue weighted by atomic mass is 32.1. The first-order chi connectivity index (χ1) is 8.17. The van der Waals surface area contributed by atoms with Crippen molar-refractivity contribution in [3.63, 3.8) is 0 Å². The number of methoxy groups -OCH3 is 1. The van der Waals surface area contributed by atoms with Crippen molar-refractivity contribution in [2.75, 3.05) is 7.11 Å². The maximum atomic E-state index is 6.30. The fraction of sp³-hybridized carbons (Fsp3) is 0.417. The van der Waals surface area contributed by atoms with E-state index in [9.17, 15) is 0 Å². The van der Waals surface area contributed by atoms with Crippen LogP contribution < -0.4 is 10.5 Å². The van der Waals surface area contributed by atoms with Crippen LogP contribution in [-0.2, 0) is 6.54 Å². The Morgan fingerprint density at radius 2 is 2.29 bits per heavy atom. The maximum Gasteiger partial charge on any atom is 0.161 e. The van der Waals surface area contributed by atoms with Crippen LogP contribution in [0.1, 0.15) is 28.4 Å². The van der Waals surface area contributed by atoms with Gasteiger partial charge in [0.25, 0.3) is 0 Å². The van der Waals surface area contributed by atoms with Crippen molar-refractivity contribution < 1.29 is 4.74 Å². The zero-order valence-corrected chi connectivity index (χ0v) is 11.1. The number of aryl methyl sites for hydroxylation is 2. The Labute approximate surface area is 105 Å². The van der Waals surface area contributed by atoms with Crippen LogP contribution in [0.25, 0.3) is 0 Å². The van der Waals surface area contributed by atoms with Gasteiger partial charge in [0.1, 0.15) is 5.69 Å². The molecule has 1 atom stereocenters. The van der Waals surface area contributed by atoms with Crippen LogP contribution in [0.15, 0.2) is 18.3 Å². The predicted octanol–water partition coefficient (Wildman–Crippen LogP) is 2.33. The van der Waals surface area contributed by atoms with E-state index in [0.29, 0.717) is 0 Å². The van der Waals surface area contributed by atoms with Gasteiger partial charge in [-0.15, -0.1) is 11.3 Å². The third kappa shape index (κ3) is 2.21. The highest BCUT2D eigenvalue weighted by Crippen LogP contribution is 2.31. The highest BCUT2D eigenvalue weighted by molar-refractivity contribution is 7.12. The quantitative estimate of drug-likeness (QED) is 0.907. The van der Waals surface area contributed by atoms with E-state index in [-0.39, 0.29) is 6.04 Å². The van der Waals surface area contributed by atoms with Gasteiger partial charge in [-0.1, -0.05) is 0 Å². The minimum atomic E-state index is -0.175. The Hall–Kier alpha value is -1.33. The molecule has 4 nitrogen and oxygen atoms in total. The lowest BCUT2D eigenvalue weighted by Crippen LogP contribution is -2.17. The second-order valence-corrected chi connectivity index (χ2v) is 5.16. The summed E-state index contributed by atoms with van der Waals surface area (Å²) in [6, 6.07) is 3.97. The van der Waals surface area contributed by atoms with E-state index in [1.807, 2.05) is 11.6 Å². The fourth-order valence-electron chi connectivity index (χ4n) is 1.86. The van der Waals surface area contributed by atoms with Crippen LogP contribution in [0.4, 0.5) is 0 Å². The largest absolute Gasteiger partial charge is 0.493 e. The number of hydrogen-bond donors (Lipinski definition) is 1. The number of nitrogens with two attached hydrogens (primary N) is 1. The Kier molecular flexibility index (Phi) is 3.49. The number of rotatable bonds is 4. The normalized spacial score (nSPS) is 12.7. The molecule has 2 aromatic heterocycles. The summed E-state index contributed by atoms with van der Waals surface area (Å²) in [6.07, 6.45) is 1.72. The highest BCUT2D eigenvalue weighted by Gasteiger charge is 2.20. The summed E-state index contributed by atoms with van der Waals surface area (Å²) in [6.45, 7) is 4.91. The summed E-state index contributed by atoms with van der Waals surface area (Å²) in [5.74, 6) is 0.755. The third-order valence-electron chi connectivity index (χ3n) is 2.73. The number of aromatic nitrogens is 2. The Morgan fingerprint density at radius 1 is 1.53 bits per heavy atom. The zero-order valence-electron chi connectivity index (χ0n) is 10.3. The van der Waals surface area contributed by atoms with Crippen molar-refractivity contribution in [3.8, 4) is 5.75 Å². The van der Waals surface area contributed by atoms with Gasteiger partial charge in [-0.2, -0.15) is 5.10 Å². The second kappa shape index (κ2) is 4.89. The van der Waals surface area contributed by atoms with E-state index in [1.165, 1.54) is 4.88 Å². The summed E-state index contributed by atoms with van der Waals surface area (Å²) in [5.41, 5.74) is 7.24. The topological polar surface area (TPSA) is 53.1 Å². The zero-order chi connectivity index (χ0) is 12.4. The lowest BCUT2D eigenvalue weighted by atomic mass is 10.1. The van der Waals surface area contributed by atoms with Crippen LogP contribution in [0.5, 0.6) is 5.75 Å². The van der Waals surface area contributed by atoms with Gasteiger partial charge in [-0.25, -0.2) is 0 Å². The molecule has 0 aliphatic carbocycles. The molecule has 0 saturated heterocycles. The van der Waals surface area contributed by atoms with Crippen molar-refractivity contribution in [2.45, 2.75) is 26.4 Å². The second-order valence-electron chi connectivity index (χ2n) is 3.84. The molecule has 0 saturated carbocycles. The molecule has 2 N–H and O–H groups in total. The van der Waals surface area contributed by atoms with E-state index in [0.717, 1.165) is 22.9 Å². The van der Waals surface area contributed by atoms with E-state index in [1.54, 1.807) is 24.6 Å². The minimum Gasteiger partial charge on any atom is -0.493 e. The van der Waals surface area contributed by atoms with Gasteiger partial charge in [0.05, 0.1) is 19.3 Å². The summed E-state index contributed by atoms with van der Waals surface area (Å²) < 4.78 is 7.21. The van der Waals surface area contributed by atoms with Gasteiger partial charge in [0.2, 0.25) is 0 Å². The lowest BCUT2D eigenvalue weighted by molar-refractivity contribution is 0.405. The number of ether oxygens (including phenoxy) is 1. The van der Waals surface area contributed by atoms with Crippen molar-refractivity contribution in [1.82, 2.24) is 9.78 Å². The van der Waals surface area contributed by atoms with E-state index in [4.69, 9.17) is 10.5 Å². The van der Waals surface area contributed by atoms with E-state index < -0.39 is 0 Å². The standard InChI is InChI=1S/C12H17N3OS/c1-4-15-12(9(16-3)7-14-15)11(13)10-6-5-8(2)17-10/h5-7,11H,4,13H2,1-3H3. The number of nitrogens with zero attached hydrogens (tertiary/aromatic N) is 2. The summed E-state index contributed by atoms with van der Waals surface area (Å²) in [4.78, 5) is 2.40. The van der Waals surface area contributed by atoms with Crippen molar-refractivity contribution in [3.05, 3.63) is 33.8 Å². The molecule has 1 unspecified atom stereocenters. The van der Waals surface area contributed by atoms with E-state index in [2.05, 4.69) is 24.2 Å². The number of thiophene rings is 1. The molecule has 0 aromatic carbocycles. The van der Waals surface area contributed by atoms with Crippen LogP contribution >= 0.6 is 11.3 Å². The van der Waals surface area contributed by atoms with Crippen LogP contribution in [-0.4, -0.2) is 16.9 Å². The SMILES string of the molecule is CCn1ncc(OC)c1C(N)c1ccc(C)s1. The first-order valence-electron chi connectivity index (χ1n) is 5.59. The smallest absolute Gasteiger partial charge is 0.161 e. The average molecular weight is 251 g/mol. The molecule has 92 valence electrons. The van der Waals surface area contributed by atoms with Gasteiger partial charge in [-0.3, -0.25) is 4.68 Å². The molecule has 5 heteroatoms. The van der Waals surface area contributed by atoms with E-state index >= 15 is 0 Å². The summed E-state index contributed by atoms with van der Waals surface area (Å²) in [5, 5.41) is 4.28. The molecule has 0 aliphatic heterocycles. The van der Waals surface area contributed by atoms with Crippen LogP contribution in [0.2, 0.25) is 0 Å². The Morgan fingerprint density at radius 3 is 2.82 bits per heavy atom. The maximum absolute atomic E-state index is 6.30. The predicted molar refractivity (Wildman–Crippen MR) is 69.5 cm³/mol. The molecule has 0 aliphatic rings. The molecule has 2 aromatic rings. The van der Waals surface area contributed by atoms with Gasteiger partial charge < -0.3 is 10.5 Å². The summed E-state index contributed by atoms with van der Waals surface area (Å²) >= 11 is 1.71. The average Bonchev–Trinajstić information content (AvgIpc) is 2.93. The molecule has 0 fully saturated rings. The molecule has 0 spiro atoms.